The van der Waals surface area contributed by atoms with Gasteiger partial charge in [-0.05, 0) is 44.0 Å². The fourth-order valence-electron chi connectivity index (χ4n) is 3.03. The summed E-state index contributed by atoms with van der Waals surface area (Å²) in [7, 11) is 2.08. The molecule has 4 heteroatoms. The van der Waals surface area contributed by atoms with Gasteiger partial charge in [0.1, 0.15) is 5.84 Å². The van der Waals surface area contributed by atoms with Crippen molar-refractivity contribution in [3.8, 4) is 0 Å². The number of benzene rings is 1. The van der Waals surface area contributed by atoms with Gasteiger partial charge in [0.05, 0.1) is 6.10 Å². The highest BCUT2D eigenvalue weighted by atomic mass is 16.3. The number of aryl methyl sites for hydroxylation is 1. The van der Waals surface area contributed by atoms with Gasteiger partial charge in [-0.1, -0.05) is 25.0 Å². The van der Waals surface area contributed by atoms with Crippen LogP contribution in [0.3, 0.4) is 0 Å². The minimum atomic E-state index is -0.203. The molecule has 1 aliphatic rings. The standard InChI is InChI=1S/C16H25N3O/c1-11-9-12(16(17)18)7-8-13(11)10-19(2)14-5-3-4-6-15(14)20/h7-9,14-15,20H,3-6,10H2,1-2H3,(H3,17,18). The van der Waals surface area contributed by atoms with Crippen LogP contribution in [-0.4, -0.2) is 35.0 Å². The predicted octanol–water partition coefficient (Wildman–Crippen LogP) is 2.01. The van der Waals surface area contributed by atoms with E-state index in [1.807, 2.05) is 25.1 Å². The second-order valence-electron chi connectivity index (χ2n) is 5.89. The fraction of sp³-hybridized carbons (Fsp3) is 0.562. The molecule has 1 aliphatic carbocycles. The van der Waals surface area contributed by atoms with E-state index in [0.717, 1.165) is 36.9 Å². The second kappa shape index (κ2) is 6.37. The third kappa shape index (κ3) is 3.38. The zero-order valence-electron chi connectivity index (χ0n) is 12.4. The van der Waals surface area contributed by atoms with Gasteiger partial charge in [0.15, 0.2) is 0 Å². The number of nitrogens with zero attached hydrogens (tertiary/aromatic N) is 1. The quantitative estimate of drug-likeness (QED) is 0.581. The normalized spacial score (nSPS) is 23.0. The Morgan fingerprint density at radius 1 is 1.40 bits per heavy atom. The number of nitrogens with two attached hydrogens (primary N) is 1. The summed E-state index contributed by atoms with van der Waals surface area (Å²) in [5, 5.41) is 17.6. The number of aliphatic hydroxyl groups is 1. The summed E-state index contributed by atoms with van der Waals surface area (Å²) >= 11 is 0. The van der Waals surface area contributed by atoms with Crippen molar-refractivity contribution in [2.75, 3.05) is 7.05 Å². The molecule has 1 aromatic rings. The van der Waals surface area contributed by atoms with E-state index in [2.05, 4.69) is 11.9 Å². The van der Waals surface area contributed by atoms with E-state index in [-0.39, 0.29) is 18.0 Å². The molecule has 1 saturated carbocycles. The molecule has 1 aromatic carbocycles. The third-order valence-corrected chi connectivity index (χ3v) is 4.33. The molecule has 2 rings (SSSR count). The summed E-state index contributed by atoms with van der Waals surface area (Å²) < 4.78 is 0. The monoisotopic (exact) mass is 275 g/mol. The van der Waals surface area contributed by atoms with E-state index >= 15 is 0 Å². The Kier molecular flexibility index (Phi) is 4.78. The largest absolute Gasteiger partial charge is 0.391 e. The first-order valence-corrected chi connectivity index (χ1v) is 7.31. The van der Waals surface area contributed by atoms with Crippen LogP contribution in [0.5, 0.6) is 0 Å². The lowest BCUT2D eigenvalue weighted by atomic mass is 9.91. The Labute approximate surface area is 121 Å². The second-order valence-corrected chi connectivity index (χ2v) is 5.89. The van der Waals surface area contributed by atoms with Crippen LogP contribution in [0, 0.1) is 12.3 Å². The van der Waals surface area contributed by atoms with E-state index in [1.165, 1.54) is 12.0 Å². The van der Waals surface area contributed by atoms with Crippen LogP contribution in [0.15, 0.2) is 18.2 Å². The molecule has 0 radical (unpaired) electrons. The van der Waals surface area contributed by atoms with Gasteiger partial charge < -0.3 is 10.8 Å². The highest BCUT2D eigenvalue weighted by Crippen LogP contribution is 2.24. The van der Waals surface area contributed by atoms with Crippen molar-refractivity contribution in [2.24, 2.45) is 5.73 Å². The third-order valence-electron chi connectivity index (χ3n) is 4.33. The van der Waals surface area contributed by atoms with Crippen molar-refractivity contribution < 1.29 is 5.11 Å². The highest BCUT2D eigenvalue weighted by molar-refractivity contribution is 5.95. The molecular weight excluding hydrogens is 250 g/mol. The van der Waals surface area contributed by atoms with Gasteiger partial charge in [-0.15, -0.1) is 0 Å². The van der Waals surface area contributed by atoms with E-state index in [0.29, 0.717) is 0 Å². The Balaban J connectivity index is 2.07. The summed E-state index contributed by atoms with van der Waals surface area (Å²) in [6.07, 6.45) is 4.12. The maximum absolute atomic E-state index is 10.1. The number of rotatable bonds is 4. The summed E-state index contributed by atoms with van der Waals surface area (Å²) in [5.41, 5.74) is 8.66. The zero-order valence-corrected chi connectivity index (χ0v) is 12.4. The van der Waals surface area contributed by atoms with Crippen LogP contribution in [0.2, 0.25) is 0 Å². The number of nitrogen functional groups attached to an aromatic ring is 1. The Bertz CT molecular complexity index is 487. The lowest BCUT2D eigenvalue weighted by Crippen LogP contribution is -2.42. The number of likely N-dealkylation sites (N-methyl/N-ethyl adjacent to an activating group) is 1. The molecule has 2 unspecified atom stereocenters. The molecule has 4 nitrogen and oxygen atoms in total. The molecule has 4 N–H and O–H groups in total. The van der Waals surface area contributed by atoms with E-state index in [1.54, 1.807) is 0 Å². The smallest absolute Gasteiger partial charge is 0.122 e. The van der Waals surface area contributed by atoms with Crippen LogP contribution >= 0.6 is 0 Å². The van der Waals surface area contributed by atoms with Gasteiger partial charge in [0, 0.05) is 18.2 Å². The molecule has 20 heavy (non-hydrogen) atoms. The fourth-order valence-corrected chi connectivity index (χ4v) is 3.03. The lowest BCUT2D eigenvalue weighted by molar-refractivity contribution is 0.0287. The van der Waals surface area contributed by atoms with Gasteiger partial charge in [-0.2, -0.15) is 0 Å². The average Bonchev–Trinajstić information content (AvgIpc) is 2.41. The van der Waals surface area contributed by atoms with Crippen molar-refractivity contribution in [3.05, 3.63) is 34.9 Å². The maximum Gasteiger partial charge on any atom is 0.122 e. The molecule has 110 valence electrons. The van der Waals surface area contributed by atoms with Gasteiger partial charge in [-0.25, -0.2) is 0 Å². The van der Waals surface area contributed by atoms with Crippen LogP contribution in [0.25, 0.3) is 0 Å². The summed E-state index contributed by atoms with van der Waals surface area (Å²) in [5.74, 6) is 0.107. The molecule has 0 amide bonds. The van der Waals surface area contributed by atoms with Crippen molar-refractivity contribution >= 4 is 5.84 Å². The molecule has 0 heterocycles. The van der Waals surface area contributed by atoms with Crippen molar-refractivity contribution in [1.29, 1.82) is 5.41 Å². The number of aliphatic hydroxyl groups excluding tert-OH is 1. The highest BCUT2D eigenvalue weighted by Gasteiger charge is 2.26. The molecule has 0 aromatic heterocycles. The number of amidine groups is 1. The minimum Gasteiger partial charge on any atom is -0.391 e. The van der Waals surface area contributed by atoms with Crippen molar-refractivity contribution in [1.82, 2.24) is 4.90 Å². The first-order valence-electron chi connectivity index (χ1n) is 7.31. The van der Waals surface area contributed by atoms with E-state index in [4.69, 9.17) is 11.1 Å². The number of hydrogen-bond donors (Lipinski definition) is 3. The summed E-state index contributed by atoms with van der Waals surface area (Å²) in [6, 6.07) is 6.16. The Morgan fingerprint density at radius 3 is 2.70 bits per heavy atom. The SMILES string of the molecule is Cc1cc(C(=N)N)ccc1CN(C)C1CCCCC1O. The maximum atomic E-state index is 10.1. The van der Waals surface area contributed by atoms with Gasteiger partial charge in [-0.3, -0.25) is 10.3 Å². The minimum absolute atomic E-state index is 0.107. The topological polar surface area (TPSA) is 73.3 Å². The lowest BCUT2D eigenvalue weighted by Gasteiger charge is -2.35. The molecule has 1 fully saturated rings. The van der Waals surface area contributed by atoms with Crippen molar-refractivity contribution in [3.63, 3.8) is 0 Å². The van der Waals surface area contributed by atoms with Crippen LogP contribution in [0.4, 0.5) is 0 Å². The van der Waals surface area contributed by atoms with Crippen LogP contribution < -0.4 is 5.73 Å². The number of hydrogen-bond acceptors (Lipinski definition) is 3. The van der Waals surface area contributed by atoms with Gasteiger partial charge >= 0.3 is 0 Å². The number of nitrogens with one attached hydrogen (secondary N) is 1. The Morgan fingerprint density at radius 2 is 2.10 bits per heavy atom. The average molecular weight is 275 g/mol. The molecule has 0 spiro atoms. The predicted molar refractivity (Wildman–Crippen MR) is 81.9 cm³/mol. The summed E-state index contributed by atoms with van der Waals surface area (Å²) in [6.45, 7) is 2.87. The zero-order chi connectivity index (χ0) is 14.7. The van der Waals surface area contributed by atoms with Gasteiger partial charge in [0.25, 0.3) is 0 Å². The van der Waals surface area contributed by atoms with E-state index < -0.39 is 0 Å². The first kappa shape index (κ1) is 15.0. The molecule has 0 aliphatic heterocycles. The van der Waals surface area contributed by atoms with E-state index in [9.17, 15) is 5.11 Å². The first-order chi connectivity index (χ1) is 9.49. The molecule has 0 bridgehead atoms. The van der Waals surface area contributed by atoms with Crippen molar-refractivity contribution in [2.45, 2.75) is 51.3 Å². The Hall–Kier alpha value is -1.39. The molecular formula is C16H25N3O. The van der Waals surface area contributed by atoms with Gasteiger partial charge in [0.2, 0.25) is 0 Å². The molecule has 0 saturated heterocycles. The summed E-state index contributed by atoms with van der Waals surface area (Å²) in [4.78, 5) is 2.25. The van der Waals surface area contributed by atoms with Crippen LogP contribution in [-0.2, 0) is 6.54 Å². The molecule has 2 atom stereocenters. The van der Waals surface area contributed by atoms with Crippen LogP contribution in [0.1, 0.15) is 42.4 Å².